The molecule has 0 radical (unpaired) electrons. The number of ether oxygens (including phenoxy) is 2. The highest BCUT2D eigenvalue weighted by atomic mass is 32.1. The molecule has 1 saturated carbocycles. The lowest BCUT2D eigenvalue weighted by molar-refractivity contribution is -0.131. The van der Waals surface area contributed by atoms with E-state index in [0.717, 1.165) is 49.0 Å². The molecule has 1 amide bonds. The molecule has 0 bridgehead atoms. The standard InChI is InChI=1S/C25H26N2O5S/c1-4-14-9-11-15(12-10-14)19-18-20(28)16-7-5-6-8-17(16)32-21(18)23(29)27(19)25-26-13(2)22(33-25)24(30)31-3/h9-12,16-17,19H,4-8H2,1-3H3. The molecular formula is C25H26N2O5S. The third-order valence-electron chi connectivity index (χ3n) is 6.83. The third kappa shape index (κ3) is 3.47. The molecule has 1 aromatic carbocycles. The molecule has 3 atom stereocenters. The van der Waals surface area contributed by atoms with E-state index < -0.39 is 12.0 Å². The minimum absolute atomic E-state index is 0.00263. The number of carbonyl (C=O) groups is 3. The first-order valence-electron chi connectivity index (χ1n) is 11.4. The van der Waals surface area contributed by atoms with Crippen molar-refractivity contribution in [3.8, 4) is 0 Å². The minimum atomic E-state index is -0.634. The first kappa shape index (κ1) is 21.8. The van der Waals surface area contributed by atoms with Crippen molar-refractivity contribution in [3.63, 3.8) is 0 Å². The van der Waals surface area contributed by atoms with E-state index in [1.54, 1.807) is 6.92 Å². The summed E-state index contributed by atoms with van der Waals surface area (Å²) in [5.74, 6) is -0.950. The topological polar surface area (TPSA) is 85.8 Å². The molecule has 5 rings (SSSR count). The molecule has 2 aliphatic heterocycles. The molecule has 1 aromatic heterocycles. The molecule has 0 spiro atoms. The van der Waals surface area contributed by atoms with Crippen molar-refractivity contribution in [1.82, 2.24) is 4.98 Å². The lowest BCUT2D eigenvalue weighted by Crippen LogP contribution is -2.39. The van der Waals surface area contributed by atoms with Crippen LogP contribution in [0.4, 0.5) is 5.13 Å². The molecule has 2 aromatic rings. The Labute approximate surface area is 196 Å². The maximum atomic E-state index is 13.7. The summed E-state index contributed by atoms with van der Waals surface area (Å²) in [4.78, 5) is 45.9. The maximum absolute atomic E-state index is 13.7. The molecule has 0 N–H and O–H groups in total. The van der Waals surface area contributed by atoms with Gasteiger partial charge in [0.15, 0.2) is 16.7 Å². The molecule has 8 heteroatoms. The van der Waals surface area contributed by atoms with Gasteiger partial charge in [-0.15, -0.1) is 0 Å². The maximum Gasteiger partial charge on any atom is 0.350 e. The van der Waals surface area contributed by atoms with Crippen molar-refractivity contribution in [3.05, 3.63) is 57.3 Å². The van der Waals surface area contributed by atoms with Gasteiger partial charge >= 0.3 is 5.97 Å². The Morgan fingerprint density at radius 3 is 2.64 bits per heavy atom. The molecule has 7 nitrogen and oxygen atoms in total. The number of aromatic nitrogens is 1. The van der Waals surface area contributed by atoms with Crippen molar-refractivity contribution in [2.75, 3.05) is 12.0 Å². The van der Waals surface area contributed by atoms with Gasteiger partial charge < -0.3 is 9.47 Å². The van der Waals surface area contributed by atoms with Crippen LogP contribution < -0.4 is 4.90 Å². The Bertz CT molecular complexity index is 1170. The van der Waals surface area contributed by atoms with Gasteiger partial charge in [-0.3, -0.25) is 14.5 Å². The lowest BCUT2D eigenvalue weighted by Gasteiger charge is -2.35. The predicted octanol–water partition coefficient (Wildman–Crippen LogP) is 4.30. The number of thiazole rings is 1. The van der Waals surface area contributed by atoms with Gasteiger partial charge in [0.25, 0.3) is 5.91 Å². The van der Waals surface area contributed by atoms with Crippen LogP contribution in [-0.2, 0) is 25.5 Å². The Hall–Kier alpha value is -3.00. The highest BCUT2D eigenvalue weighted by Crippen LogP contribution is 2.49. The fourth-order valence-corrected chi connectivity index (χ4v) is 6.07. The van der Waals surface area contributed by atoms with Gasteiger partial charge in [0.1, 0.15) is 11.0 Å². The summed E-state index contributed by atoms with van der Waals surface area (Å²) in [6.45, 7) is 3.79. The van der Waals surface area contributed by atoms with Crippen molar-refractivity contribution in [2.45, 2.75) is 58.1 Å². The number of aryl methyl sites for hydroxylation is 2. The van der Waals surface area contributed by atoms with Crippen molar-refractivity contribution in [1.29, 1.82) is 0 Å². The number of amides is 1. The first-order valence-corrected chi connectivity index (χ1v) is 12.2. The van der Waals surface area contributed by atoms with Crippen LogP contribution in [0.3, 0.4) is 0 Å². The van der Waals surface area contributed by atoms with E-state index in [1.165, 1.54) is 17.6 Å². The molecule has 1 fully saturated rings. The van der Waals surface area contributed by atoms with Crippen molar-refractivity contribution < 1.29 is 23.9 Å². The van der Waals surface area contributed by atoms with Crippen LogP contribution in [-0.4, -0.2) is 35.9 Å². The van der Waals surface area contributed by atoms with E-state index in [2.05, 4.69) is 11.9 Å². The van der Waals surface area contributed by atoms with Crippen LogP contribution in [0.2, 0.25) is 0 Å². The second-order valence-corrected chi connectivity index (χ2v) is 9.71. The van der Waals surface area contributed by atoms with Crippen LogP contribution in [0.25, 0.3) is 0 Å². The van der Waals surface area contributed by atoms with Crippen molar-refractivity contribution in [2.24, 2.45) is 5.92 Å². The Balaban J connectivity index is 1.64. The summed E-state index contributed by atoms with van der Waals surface area (Å²) < 4.78 is 11.1. The molecule has 3 aliphatic rings. The summed E-state index contributed by atoms with van der Waals surface area (Å²) in [5, 5.41) is 0.358. The Kier molecular flexibility index (Phi) is 5.56. The monoisotopic (exact) mass is 466 g/mol. The molecule has 172 valence electrons. The molecule has 33 heavy (non-hydrogen) atoms. The largest absolute Gasteiger partial charge is 0.483 e. The SMILES string of the molecule is CCc1ccc(C2C3=C(OC4CCCCC4C3=O)C(=O)N2c2nc(C)c(C(=O)OC)s2)cc1. The number of ketones is 1. The van der Waals surface area contributed by atoms with Crippen LogP contribution >= 0.6 is 11.3 Å². The third-order valence-corrected chi connectivity index (χ3v) is 7.97. The number of carbonyl (C=O) groups excluding carboxylic acids is 3. The van der Waals surface area contributed by atoms with Crippen molar-refractivity contribution >= 4 is 34.1 Å². The summed E-state index contributed by atoms with van der Waals surface area (Å²) in [6, 6.07) is 7.32. The number of methoxy groups -OCH3 is 1. The fraction of sp³-hybridized carbons (Fsp3) is 0.440. The number of esters is 1. The number of benzene rings is 1. The van der Waals surface area contributed by atoms with E-state index in [-0.39, 0.29) is 29.5 Å². The predicted molar refractivity (Wildman–Crippen MR) is 123 cm³/mol. The van der Waals surface area contributed by atoms with Gasteiger partial charge in [0.2, 0.25) is 0 Å². The van der Waals surface area contributed by atoms with Gasteiger partial charge in [-0.25, -0.2) is 9.78 Å². The number of rotatable bonds is 4. The summed E-state index contributed by atoms with van der Waals surface area (Å²) in [6.07, 6.45) is 4.17. The Morgan fingerprint density at radius 2 is 1.94 bits per heavy atom. The zero-order valence-electron chi connectivity index (χ0n) is 18.9. The van der Waals surface area contributed by atoms with Crippen LogP contribution in [0, 0.1) is 12.8 Å². The summed E-state index contributed by atoms with van der Waals surface area (Å²) >= 11 is 1.10. The van der Waals surface area contributed by atoms with Gasteiger partial charge in [-0.05, 0) is 43.7 Å². The smallest absolute Gasteiger partial charge is 0.350 e. The van der Waals surface area contributed by atoms with Crippen LogP contribution in [0.5, 0.6) is 0 Å². The quantitative estimate of drug-likeness (QED) is 0.625. The summed E-state index contributed by atoms with van der Waals surface area (Å²) in [5.41, 5.74) is 2.89. The highest BCUT2D eigenvalue weighted by molar-refractivity contribution is 7.17. The molecule has 0 saturated heterocycles. The zero-order valence-corrected chi connectivity index (χ0v) is 19.7. The normalized spacial score (nSPS) is 24.5. The van der Waals surface area contributed by atoms with E-state index in [9.17, 15) is 14.4 Å². The zero-order chi connectivity index (χ0) is 23.3. The second-order valence-electron chi connectivity index (χ2n) is 8.73. The van der Waals surface area contributed by atoms with E-state index in [0.29, 0.717) is 21.3 Å². The average molecular weight is 467 g/mol. The fourth-order valence-electron chi connectivity index (χ4n) is 5.06. The molecule has 3 unspecified atom stereocenters. The minimum Gasteiger partial charge on any atom is -0.483 e. The second kappa shape index (κ2) is 8.41. The number of fused-ring (bicyclic) bond motifs is 1. The number of anilines is 1. The van der Waals surface area contributed by atoms with Crippen LogP contribution in [0.15, 0.2) is 35.6 Å². The summed E-state index contributed by atoms with van der Waals surface area (Å²) in [7, 11) is 1.31. The van der Waals surface area contributed by atoms with Gasteiger partial charge in [-0.1, -0.05) is 48.9 Å². The van der Waals surface area contributed by atoms with Crippen LogP contribution in [0.1, 0.15) is 65.1 Å². The lowest BCUT2D eigenvalue weighted by atomic mass is 9.77. The Morgan fingerprint density at radius 1 is 1.21 bits per heavy atom. The van der Waals surface area contributed by atoms with Gasteiger partial charge in [0, 0.05) is 0 Å². The van der Waals surface area contributed by atoms with Gasteiger partial charge in [0.05, 0.1) is 30.3 Å². The number of hydrogen-bond acceptors (Lipinski definition) is 7. The molecular weight excluding hydrogens is 440 g/mol. The van der Waals surface area contributed by atoms with E-state index in [4.69, 9.17) is 9.47 Å². The first-order chi connectivity index (χ1) is 15.9. The average Bonchev–Trinajstić information content (AvgIpc) is 3.36. The van der Waals surface area contributed by atoms with E-state index in [1.807, 2.05) is 24.3 Å². The van der Waals surface area contributed by atoms with Gasteiger partial charge in [-0.2, -0.15) is 0 Å². The molecule has 1 aliphatic carbocycles. The highest BCUT2D eigenvalue weighted by Gasteiger charge is 2.53. The number of Topliss-reactive ketones (excluding diaryl/α,β-unsaturated/α-hetero) is 1. The number of nitrogens with zero attached hydrogens (tertiary/aromatic N) is 2. The molecule has 3 heterocycles. The number of hydrogen-bond donors (Lipinski definition) is 0. The van der Waals surface area contributed by atoms with E-state index >= 15 is 0 Å².